The summed E-state index contributed by atoms with van der Waals surface area (Å²) < 4.78 is 0. The van der Waals surface area contributed by atoms with Gasteiger partial charge < -0.3 is 15.2 Å². The lowest BCUT2D eigenvalue weighted by atomic mass is 10.1. The Bertz CT molecular complexity index is 1160. The fourth-order valence-corrected chi connectivity index (χ4v) is 3.96. The first kappa shape index (κ1) is 20.7. The van der Waals surface area contributed by atoms with Crippen LogP contribution in [0.2, 0.25) is 0 Å². The Balaban J connectivity index is 1.31. The average Bonchev–Trinajstić information content (AvgIpc) is 3.21. The molecule has 31 heavy (non-hydrogen) atoms. The first-order valence-electron chi connectivity index (χ1n) is 9.85. The van der Waals surface area contributed by atoms with Gasteiger partial charge >= 0.3 is 0 Å². The van der Waals surface area contributed by atoms with Crippen LogP contribution < -0.4 is 5.32 Å². The third-order valence-electron chi connectivity index (χ3n) is 4.73. The van der Waals surface area contributed by atoms with Gasteiger partial charge in [0, 0.05) is 24.1 Å². The molecule has 0 saturated carbocycles. The Morgan fingerprint density at radius 3 is 2.42 bits per heavy atom. The second kappa shape index (κ2) is 9.49. The van der Waals surface area contributed by atoms with Crippen LogP contribution in [-0.2, 0) is 10.5 Å². The van der Waals surface area contributed by atoms with Crippen molar-refractivity contribution in [1.82, 2.24) is 14.9 Å². The van der Waals surface area contributed by atoms with Crippen LogP contribution in [-0.4, -0.2) is 40.3 Å². The minimum absolute atomic E-state index is 0.0165. The third-order valence-corrected chi connectivity index (χ3v) is 5.67. The Morgan fingerprint density at radius 1 is 0.968 bits per heavy atom. The highest BCUT2D eigenvalue weighted by Crippen LogP contribution is 2.23. The fraction of sp³-hybridized carbons (Fsp3) is 0.125. The van der Waals surface area contributed by atoms with Crippen molar-refractivity contribution in [3.63, 3.8) is 0 Å². The number of carbonyl (C=O) groups is 2. The number of hydrogen-bond acceptors (Lipinski definition) is 4. The van der Waals surface area contributed by atoms with Gasteiger partial charge in [0.15, 0.2) is 5.16 Å². The SMILES string of the molecule is CN(CC(=O)Nc1ccccc1)C(=O)c1ccc(CSc2nc3ccccc3[nH]2)cc1. The second-order valence-corrected chi connectivity index (χ2v) is 8.08. The van der Waals surface area contributed by atoms with Gasteiger partial charge in [-0.15, -0.1) is 0 Å². The molecule has 2 N–H and O–H groups in total. The van der Waals surface area contributed by atoms with Gasteiger partial charge in [-0.3, -0.25) is 9.59 Å². The highest BCUT2D eigenvalue weighted by molar-refractivity contribution is 7.98. The van der Waals surface area contributed by atoms with Gasteiger partial charge in [0.05, 0.1) is 17.6 Å². The van der Waals surface area contributed by atoms with E-state index in [1.807, 2.05) is 66.7 Å². The number of thioether (sulfide) groups is 1. The molecule has 0 saturated heterocycles. The number of aromatic amines is 1. The monoisotopic (exact) mass is 430 g/mol. The molecule has 0 atom stereocenters. The quantitative estimate of drug-likeness (QED) is 0.421. The van der Waals surface area contributed by atoms with Crippen molar-refractivity contribution < 1.29 is 9.59 Å². The van der Waals surface area contributed by atoms with Crippen molar-refractivity contribution in [3.05, 3.63) is 90.0 Å². The lowest BCUT2D eigenvalue weighted by Crippen LogP contribution is -2.34. The molecule has 1 aromatic heterocycles. The van der Waals surface area contributed by atoms with Crippen molar-refractivity contribution in [3.8, 4) is 0 Å². The summed E-state index contributed by atoms with van der Waals surface area (Å²) in [6, 6.07) is 24.6. The van der Waals surface area contributed by atoms with E-state index < -0.39 is 0 Å². The molecule has 6 nitrogen and oxygen atoms in total. The van der Waals surface area contributed by atoms with Crippen molar-refractivity contribution >= 4 is 40.3 Å². The predicted molar refractivity (Wildman–Crippen MR) is 124 cm³/mol. The average molecular weight is 431 g/mol. The molecular formula is C24H22N4O2S. The lowest BCUT2D eigenvalue weighted by Gasteiger charge is -2.17. The van der Waals surface area contributed by atoms with E-state index in [0.717, 1.165) is 27.5 Å². The van der Waals surface area contributed by atoms with E-state index in [-0.39, 0.29) is 18.4 Å². The molecule has 0 radical (unpaired) electrons. The van der Waals surface area contributed by atoms with Crippen molar-refractivity contribution in [2.75, 3.05) is 18.9 Å². The fourth-order valence-electron chi connectivity index (χ4n) is 3.12. The van der Waals surface area contributed by atoms with Gasteiger partial charge in [0.2, 0.25) is 5.91 Å². The smallest absolute Gasteiger partial charge is 0.254 e. The molecule has 0 fully saturated rings. The van der Waals surface area contributed by atoms with Crippen LogP contribution in [0.4, 0.5) is 5.69 Å². The number of imidazole rings is 1. The number of benzene rings is 3. The molecule has 0 aliphatic rings. The first-order valence-corrected chi connectivity index (χ1v) is 10.8. The number of H-pyrrole nitrogens is 1. The van der Waals surface area contributed by atoms with Crippen molar-refractivity contribution in [2.24, 2.45) is 0 Å². The van der Waals surface area contributed by atoms with E-state index in [0.29, 0.717) is 11.3 Å². The van der Waals surface area contributed by atoms with Crippen molar-refractivity contribution in [1.29, 1.82) is 0 Å². The number of rotatable bonds is 7. The van der Waals surface area contributed by atoms with Crippen LogP contribution in [0.15, 0.2) is 84.0 Å². The minimum atomic E-state index is -0.235. The van der Waals surface area contributed by atoms with Gasteiger partial charge in [-0.25, -0.2) is 4.98 Å². The van der Waals surface area contributed by atoms with Crippen molar-refractivity contribution in [2.45, 2.75) is 10.9 Å². The third kappa shape index (κ3) is 5.32. The minimum Gasteiger partial charge on any atom is -0.333 e. The zero-order chi connectivity index (χ0) is 21.6. The Labute approximate surface area is 184 Å². The summed E-state index contributed by atoms with van der Waals surface area (Å²) >= 11 is 1.61. The van der Waals surface area contributed by atoms with E-state index >= 15 is 0 Å². The molecule has 156 valence electrons. The summed E-state index contributed by atoms with van der Waals surface area (Å²) in [5.41, 5.74) is 4.31. The summed E-state index contributed by atoms with van der Waals surface area (Å²) in [6.45, 7) is -0.0165. The standard InChI is InChI=1S/C24H22N4O2S/c1-28(15-22(29)25-19-7-3-2-4-8-19)23(30)18-13-11-17(12-14-18)16-31-24-26-20-9-5-6-10-21(20)27-24/h2-14H,15-16H2,1H3,(H,25,29)(H,26,27). The molecule has 0 aliphatic carbocycles. The van der Waals surface area contributed by atoms with E-state index in [4.69, 9.17) is 0 Å². The number of aromatic nitrogens is 2. The molecule has 2 amide bonds. The number of hydrogen-bond donors (Lipinski definition) is 2. The van der Waals surface area contributed by atoms with Crippen LogP contribution in [0.25, 0.3) is 11.0 Å². The maximum absolute atomic E-state index is 12.6. The van der Waals surface area contributed by atoms with Crippen LogP contribution in [0.1, 0.15) is 15.9 Å². The zero-order valence-corrected chi connectivity index (χ0v) is 17.9. The van der Waals surface area contributed by atoms with Gasteiger partial charge in [-0.2, -0.15) is 0 Å². The normalized spacial score (nSPS) is 10.7. The van der Waals surface area contributed by atoms with E-state index in [1.54, 1.807) is 30.9 Å². The predicted octanol–water partition coefficient (Wildman–Crippen LogP) is 4.57. The number of para-hydroxylation sites is 3. The summed E-state index contributed by atoms with van der Waals surface area (Å²) in [5.74, 6) is 0.310. The molecule has 0 spiro atoms. The zero-order valence-electron chi connectivity index (χ0n) is 17.0. The van der Waals surface area contributed by atoms with Crippen LogP contribution in [0.5, 0.6) is 0 Å². The summed E-state index contributed by atoms with van der Waals surface area (Å²) in [5, 5.41) is 3.65. The van der Waals surface area contributed by atoms with E-state index in [9.17, 15) is 9.59 Å². The molecule has 4 rings (SSSR count). The Hall–Kier alpha value is -3.58. The highest BCUT2D eigenvalue weighted by Gasteiger charge is 2.15. The molecule has 7 heteroatoms. The Kier molecular flexibility index (Phi) is 6.33. The number of amides is 2. The maximum Gasteiger partial charge on any atom is 0.254 e. The molecular weight excluding hydrogens is 408 g/mol. The Morgan fingerprint density at radius 2 is 1.68 bits per heavy atom. The van der Waals surface area contributed by atoms with Gasteiger partial charge in [-0.05, 0) is 42.0 Å². The number of likely N-dealkylation sites (N-methyl/N-ethyl adjacent to an activating group) is 1. The second-order valence-electron chi connectivity index (χ2n) is 7.12. The summed E-state index contributed by atoms with van der Waals surface area (Å²) in [4.78, 5) is 34.1. The van der Waals surface area contributed by atoms with E-state index in [1.165, 1.54) is 4.90 Å². The van der Waals surface area contributed by atoms with E-state index in [2.05, 4.69) is 15.3 Å². The molecule has 0 bridgehead atoms. The summed E-state index contributed by atoms with van der Waals surface area (Å²) in [6.07, 6.45) is 0. The number of fused-ring (bicyclic) bond motifs is 1. The number of nitrogens with zero attached hydrogens (tertiary/aromatic N) is 2. The molecule has 0 unspecified atom stereocenters. The molecule has 1 heterocycles. The summed E-state index contributed by atoms with van der Waals surface area (Å²) in [7, 11) is 1.62. The number of nitrogens with one attached hydrogen (secondary N) is 2. The molecule has 3 aromatic carbocycles. The van der Waals surface area contributed by atoms with Gasteiger partial charge in [0.1, 0.15) is 0 Å². The highest BCUT2D eigenvalue weighted by atomic mass is 32.2. The number of carbonyl (C=O) groups excluding carboxylic acids is 2. The van der Waals surface area contributed by atoms with Gasteiger partial charge in [0.25, 0.3) is 5.91 Å². The number of anilines is 1. The van der Waals surface area contributed by atoms with Crippen LogP contribution in [0.3, 0.4) is 0 Å². The van der Waals surface area contributed by atoms with Gasteiger partial charge in [-0.1, -0.05) is 54.2 Å². The molecule has 4 aromatic rings. The topological polar surface area (TPSA) is 78.1 Å². The lowest BCUT2D eigenvalue weighted by molar-refractivity contribution is -0.116. The maximum atomic E-state index is 12.6. The largest absolute Gasteiger partial charge is 0.333 e. The van der Waals surface area contributed by atoms with Crippen LogP contribution >= 0.6 is 11.8 Å². The first-order chi connectivity index (χ1) is 15.1. The van der Waals surface area contributed by atoms with Crippen LogP contribution in [0, 0.1) is 0 Å². The molecule has 0 aliphatic heterocycles.